The maximum Gasteiger partial charge on any atom is 0.0309 e. The molecule has 2 heteroatoms. The Hall–Kier alpha value is -0.340. The summed E-state index contributed by atoms with van der Waals surface area (Å²) in [6.45, 7) is 8.58. The summed E-state index contributed by atoms with van der Waals surface area (Å²) >= 11 is 0. The molecule has 0 aromatic carbocycles. The molecule has 1 spiro atoms. The number of allylic oxidation sites excluding steroid dienone is 1. The second-order valence-electron chi connectivity index (χ2n) is 8.01. The van der Waals surface area contributed by atoms with Gasteiger partial charge < -0.3 is 5.32 Å². The molecule has 1 aliphatic heterocycles. The molecule has 2 aliphatic carbocycles. The molecule has 3 aliphatic rings. The van der Waals surface area contributed by atoms with Gasteiger partial charge in [-0.25, -0.2) is 0 Å². The molecule has 1 unspecified atom stereocenters. The number of nitrogens with zero attached hydrogens (tertiary/aromatic N) is 1. The fourth-order valence-electron chi connectivity index (χ4n) is 4.72. The van der Waals surface area contributed by atoms with Gasteiger partial charge in [0.05, 0.1) is 0 Å². The van der Waals surface area contributed by atoms with Crippen molar-refractivity contribution in [2.45, 2.75) is 83.2 Å². The fourth-order valence-corrected chi connectivity index (χ4v) is 4.72. The van der Waals surface area contributed by atoms with Crippen molar-refractivity contribution < 1.29 is 0 Å². The number of hydrogen-bond donors (Lipinski definition) is 1. The van der Waals surface area contributed by atoms with E-state index in [0.717, 1.165) is 12.0 Å². The van der Waals surface area contributed by atoms with Gasteiger partial charge >= 0.3 is 0 Å². The molecule has 2 fully saturated rings. The number of nitrogens with one attached hydrogen (secondary N) is 1. The van der Waals surface area contributed by atoms with Gasteiger partial charge in [-0.2, -0.15) is 0 Å². The summed E-state index contributed by atoms with van der Waals surface area (Å²) in [7, 11) is 0. The highest BCUT2D eigenvalue weighted by Gasteiger charge is 2.41. The molecule has 0 amide bonds. The average Bonchev–Trinajstić information content (AvgIpc) is 2.94. The minimum Gasteiger partial charge on any atom is -0.308 e. The first-order valence-corrected chi connectivity index (χ1v) is 9.36. The van der Waals surface area contributed by atoms with Crippen molar-refractivity contribution in [2.75, 3.05) is 19.6 Å². The van der Waals surface area contributed by atoms with Gasteiger partial charge in [-0.1, -0.05) is 38.3 Å². The standard InChI is InChI=1S/C19H34N2/c1-16(2)18-14-20-19(11-6-7-12-19)15-21(18)13-10-17-8-4-3-5-9-17/h8,16,18,20H,3-7,9-15H2,1-2H3. The number of hydrogen-bond acceptors (Lipinski definition) is 2. The van der Waals surface area contributed by atoms with E-state index in [-0.39, 0.29) is 0 Å². The second-order valence-corrected chi connectivity index (χ2v) is 8.01. The summed E-state index contributed by atoms with van der Waals surface area (Å²) in [6.07, 6.45) is 15.0. The zero-order valence-corrected chi connectivity index (χ0v) is 14.2. The van der Waals surface area contributed by atoms with E-state index in [9.17, 15) is 0 Å². The Balaban J connectivity index is 1.61. The SMILES string of the molecule is CC(C)C1CNC2(CCCC2)CN1CCC1=CCCCC1. The zero-order valence-electron chi connectivity index (χ0n) is 14.2. The fraction of sp³-hybridized carbons (Fsp3) is 0.895. The van der Waals surface area contributed by atoms with Crippen LogP contribution in [0.1, 0.15) is 71.6 Å². The van der Waals surface area contributed by atoms with Crippen molar-refractivity contribution in [1.29, 1.82) is 0 Å². The van der Waals surface area contributed by atoms with Crippen molar-refractivity contribution in [1.82, 2.24) is 10.2 Å². The van der Waals surface area contributed by atoms with Crippen LogP contribution in [0.25, 0.3) is 0 Å². The first-order chi connectivity index (χ1) is 10.2. The largest absolute Gasteiger partial charge is 0.308 e. The Kier molecular flexibility index (Phi) is 5.06. The third-order valence-corrected chi connectivity index (χ3v) is 6.10. The van der Waals surface area contributed by atoms with Crippen LogP contribution in [0.3, 0.4) is 0 Å². The lowest BCUT2D eigenvalue weighted by Gasteiger charge is -2.48. The molecule has 120 valence electrons. The normalized spacial score (nSPS) is 30.0. The molecule has 1 heterocycles. The van der Waals surface area contributed by atoms with Gasteiger partial charge in [0.25, 0.3) is 0 Å². The second kappa shape index (κ2) is 6.83. The lowest BCUT2D eigenvalue weighted by atomic mass is 9.88. The summed E-state index contributed by atoms with van der Waals surface area (Å²) in [4.78, 5) is 2.84. The van der Waals surface area contributed by atoms with E-state index in [0.29, 0.717) is 5.54 Å². The molecule has 2 nitrogen and oxygen atoms in total. The first-order valence-electron chi connectivity index (χ1n) is 9.36. The number of piperazine rings is 1. The summed E-state index contributed by atoms with van der Waals surface area (Å²) in [6, 6.07) is 0.736. The average molecular weight is 290 g/mol. The van der Waals surface area contributed by atoms with Crippen LogP contribution in [-0.4, -0.2) is 36.1 Å². The maximum atomic E-state index is 3.94. The minimum atomic E-state index is 0.465. The molecule has 0 aromatic rings. The van der Waals surface area contributed by atoms with E-state index in [1.165, 1.54) is 77.4 Å². The molecule has 0 radical (unpaired) electrons. The summed E-state index contributed by atoms with van der Waals surface area (Å²) in [5.74, 6) is 0.761. The molecule has 21 heavy (non-hydrogen) atoms. The van der Waals surface area contributed by atoms with E-state index < -0.39 is 0 Å². The summed E-state index contributed by atoms with van der Waals surface area (Å²) in [5.41, 5.74) is 2.20. The Morgan fingerprint density at radius 2 is 2.05 bits per heavy atom. The van der Waals surface area contributed by atoms with Crippen molar-refractivity contribution in [3.05, 3.63) is 11.6 Å². The molecular weight excluding hydrogens is 256 g/mol. The van der Waals surface area contributed by atoms with E-state index in [4.69, 9.17) is 0 Å². The quantitative estimate of drug-likeness (QED) is 0.784. The predicted octanol–water partition coefficient (Wildman–Crippen LogP) is 4.12. The van der Waals surface area contributed by atoms with E-state index in [2.05, 4.69) is 30.1 Å². The molecule has 1 atom stereocenters. The Morgan fingerprint density at radius 3 is 2.71 bits per heavy atom. The van der Waals surface area contributed by atoms with Crippen LogP contribution < -0.4 is 5.32 Å². The van der Waals surface area contributed by atoms with Crippen LogP contribution in [0.5, 0.6) is 0 Å². The van der Waals surface area contributed by atoms with E-state index in [1.807, 2.05) is 0 Å². The van der Waals surface area contributed by atoms with Gasteiger partial charge in [-0.15, -0.1) is 0 Å². The summed E-state index contributed by atoms with van der Waals surface area (Å²) in [5, 5.41) is 3.94. The van der Waals surface area contributed by atoms with Crippen LogP contribution in [0.4, 0.5) is 0 Å². The van der Waals surface area contributed by atoms with Crippen LogP contribution in [0, 0.1) is 5.92 Å². The highest BCUT2D eigenvalue weighted by atomic mass is 15.3. The van der Waals surface area contributed by atoms with Gasteiger partial charge in [-0.05, 0) is 50.9 Å². The lowest BCUT2D eigenvalue weighted by molar-refractivity contribution is 0.0578. The topological polar surface area (TPSA) is 15.3 Å². The van der Waals surface area contributed by atoms with Crippen molar-refractivity contribution in [2.24, 2.45) is 5.92 Å². The van der Waals surface area contributed by atoms with Crippen LogP contribution in [0.2, 0.25) is 0 Å². The highest BCUT2D eigenvalue weighted by Crippen LogP contribution is 2.34. The Morgan fingerprint density at radius 1 is 1.24 bits per heavy atom. The van der Waals surface area contributed by atoms with Gasteiger partial charge in [0.15, 0.2) is 0 Å². The molecule has 1 N–H and O–H groups in total. The smallest absolute Gasteiger partial charge is 0.0309 e. The van der Waals surface area contributed by atoms with Crippen molar-refractivity contribution in [3.8, 4) is 0 Å². The van der Waals surface area contributed by atoms with Crippen molar-refractivity contribution >= 4 is 0 Å². The Labute approximate surface area is 131 Å². The van der Waals surface area contributed by atoms with E-state index >= 15 is 0 Å². The maximum absolute atomic E-state index is 3.94. The van der Waals surface area contributed by atoms with Gasteiger partial charge in [-0.3, -0.25) is 4.90 Å². The van der Waals surface area contributed by atoms with Crippen molar-refractivity contribution in [3.63, 3.8) is 0 Å². The molecule has 0 bridgehead atoms. The number of rotatable bonds is 4. The molecule has 1 saturated carbocycles. The van der Waals surface area contributed by atoms with Crippen LogP contribution >= 0.6 is 0 Å². The molecular formula is C19H34N2. The highest BCUT2D eigenvalue weighted by molar-refractivity contribution is 5.07. The lowest BCUT2D eigenvalue weighted by Crippen LogP contribution is -2.64. The minimum absolute atomic E-state index is 0.465. The first kappa shape index (κ1) is 15.6. The van der Waals surface area contributed by atoms with Crippen LogP contribution in [-0.2, 0) is 0 Å². The van der Waals surface area contributed by atoms with Crippen LogP contribution in [0.15, 0.2) is 11.6 Å². The third-order valence-electron chi connectivity index (χ3n) is 6.10. The molecule has 1 saturated heterocycles. The molecule has 0 aromatic heterocycles. The Bertz CT molecular complexity index is 366. The third kappa shape index (κ3) is 3.71. The molecule has 3 rings (SSSR count). The van der Waals surface area contributed by atoms with Gasteiger partial charge in [0.2, 0.25) is 0 Å². The predicted molar refractivity (Wildman–Crippen MR) is 90.6 cm³/mol. The van der Waals surface area contributed by atoms with E-state index in [1.54, 1.807) is 5.57 Å². The van der Waals surface area contributed by atoms with Gasteiger partial charge in [0.1, 0.15) is 0 Å². The monoisotopic (exact) mass is 290 g/mol. The summed E-state index contributed by atoms with van der Waals surface area (Å²) < 4.78 is 0. The van der Waals surface area contributed by atoms with Gasteiger partial charge in [0, 0.05) is 31.2 Å². The zero-order chi connectivity index (χ0) is 14.7.